The van der Waals surface area contributed by atoms with Gasteiger partial charge in [0.2, 0.25) is 0 Å². The Balaban J connectivity index is 1.77. The molecule has 3 nitrogen and oxygen atoms in total. The van der Waals surface area contributed by atoms with Crippen LogP contribution in [-0.4, -0.2) is 36.1 Å². The largest absolute Gasteiger partial charge is 0.492 e. The summed E-state index contributed by atoms with van der Waals surface area (Å²) >= 11 is 5.05. The first-order valence-corrected chi connectivity index (χ1v) is 8.22. The average Bonchev–Trinajstić information content (AvgIpc) is 2.48. The number of hydrogen-bond acceptors (Lipinski definition) is 3. The molecule has 1 aromatic rings. The normalized spacial score (nSPS) is 17.1. The highest BCUT2D eigenvalue weighted by atomic mass is 32.1. The molecule has 116 valence electrons. The molecule has 1 fully saturated rings. The maximum Gasteiger partial charge on any atom is 0.129 e. The first-order chi connectivity index (χ1) is 10.1. The van der Waals surface area contributed by atoms with Crippen molar-refractivity contribution >= 4 is 17.2 Å². The predicted molar refractivity (Wildman–Crippen MR) is 91.8 cm³/mol. The fourth-order valence-electron chi connectivity index (χ4n) is 2.92. The molecule has 0 radical (unpaired) electrons. The number of rotatable bonds is 6. The Labute approximate surface area is 133 Å². The van der Waals surface area contributed by atoms with E-state index in [1.165, 1.54) is 25.9 Å². The summed E-state index contributed by atoms with van der Waals surface area (Å²) in [5.74, 6) is 2.49. The summed E-state index contributed by atoms with van der Waals surface area (Å²) in [4.78, 5) is 2.88. The van der Waals surface area contributed by atoms with Crippen molar-refractivity contribution in [3.8, 4) is 5.75 Å². The number of piperidine rings is 1. The zero-order chi connectivity index (χ0) is 15.2. The summed E-state index contributed by atoms with van der Waals surface area (Å²) in [7, 11) is 0. The van der Waals surface area contributed by atoms with Crippen molar-refractivity contribution in [2.24, 2.45) is 17.6 Å². The van der Waals surface area contributed by atoms with E-state index in [0.29, 0.717) is 11.6 Å². The van der Waals surface area contributed by atoms with Crippen molar-refractivity contribution in [1.29, 1.82) is 0 Å². The molecule has 0 bridgehead atoms. The third kappa shape index (κ3) is 4.68. The molecular formula is C17H26N2OS. The highest BCUT2D eigenvalue weighted by Crippen LogP contribution is 2.24. The molecule has 1 saturated heterocycles. The van der Waals surface area contributed by atoms with Crippen LogP contribution in [0.25, 0.3) is 0 Å². The van der Waals surface area contributed by atoms with E-state index in [1.807, 2.05) is 24.3 Å². The molecule has 1 heterocycles. The summed E-state index contributed by atoms with van der Waals surface area (Å²) < 4.78 is 5.87. The van der Waals surface area contributed by atoms with E-state index >= 15 is 0 Å². The van der Waals surface area contributed by atoms with Gasteiger partial charge < -0.3 is 10.5 Å². The minimum atomic E-state index is 0.392. The van der Waals surface area contributed by atoms with Gasteiger partial charge in [0.1, 0.15) is 17.3 Å². The molecule has 0 aromatic heterocycles. The van der Waals surface area contributed by atoms with Gasteiger partial charge in [-0.25, -0.2) is 0 Å². The van der Waals surface area contributed by atoms with Gasteiger partial charge >= 0.3 is 0 Å². The first kappa shape index (κ1) is 16.2. The molecule has 21 heavy (non-hydrogen) atoms. The number of nitrogens with two attached hydrogens (primary N) is 1. The van der Waals surface area contributed by atoms with Crippen LogP contribution in [0.4, 0.5) is 0 Å². The van der Waals surface area contributed by atoms with Gasteiger partial charge in [-0.05, 0) is 49.9 Å². The van der Waals surface area contributed by atoms with Crippen LogP contribution >= 0.6 is 12.2 Å². The van der Waals surface area contributed by atoms with E-state index in [9.17, 15) is 0 Å². The van der Waals surface area contributed by atoms with Crippen molar-refractivity contribution in [1.82, 2.24) is 4.90 Å². The fourth-order valence-corrected chi connectivity index (χ4v) is 3.09. The fraction of sp³-hybridized carbons (Fsp3) is 0.588. The van der Waals surface area contributed by atoms with Gasteiger partial charge in [0, 0.05) is 6.54 Å². The average molecular weight is 306 g/mol. The summed E-state index contributed by atoms with van der Waals surface area (Å²) in [6, 6.07) is 7.72. The Morgan fingerprint density at radius 3 is 2.62 bits per heavy atom. The van der Waals surface area contributed by atoms with Crippen molar-refractivity contribution < 1.29 is 4.74 Å². The topological polar surface area (TPSA) is 38.5 Å². The van der Waals surface area contributed by atoms with Crippen molar-refractivity contribution in [3.63, 3.8) is 0 Å². The van der Waals surface area contributed by atoms with Crippen LogP contribution in [0.15, 0.2) is 24.3 Å². The monoisotopic (exact) mass is 306 g/mol. The minimum Gasteiger partial charge on any atom is -0.492 e. The Morgan fingerprint density at radius 1 is 1.33 bits per heavy atom. The van der Waals surface area contributed by atoms with Crippen LogP contribution in [0.1, 0.15) is 32.3 Å². The third-order valence-corrected chi connectivity index (χ3v) is 4.61. The summed E-state index contributed by atoms with van der Waals surface area (Å²) in [5.41, 5.74) is 6.54. The maximum atomic E-state index is 5.87. The molecule has 0 atom stereocenters. The van der Waals surface area contributed by atoms with E-state index in [2.05, 4.69) is 18.7 Å². The SMILES string of the molecule is CC(C)C1CCN(CCOc2ccccc2C(N)=S)CC1. The Morgan fingerprint density at radius 2 is 2.00 bits per heavy atom. The number of nitrogens with zero attached hydrogens (tertiary/aromatic N) is 1. The van der Waals surface area contributed by atoms with Crippen LogP contribution in [0, 0.1) is 11.8 Å². The van der Waals surface area contributed by atoms with Crippen molar-refractivity contribution in [3.05, 3.63) is 29.8 Å². The summed E-state index contributed by atoms with van der Waals surface area (Å²) in [6.07, 6.45) is 2.61. The van der Waals surface area contributed by atoms with E-state index < -0.39 is 0 Å². The quantitative estimate of drug-likeness (QED) is 0.820. The molecule has 4 heteroatoms. The van der Waals surface area contributed by atoms with Crippen LogP contribution in [0.3, 0.4) is 0 Å². The molecule has 0 saturated carbocycles. The standard InChI is InChI=1S/C17H26N2OS/c1-13(2)14-7-9-19(10-8-14)11-12-20-16-6-4-3-5-15(16)17(18)21/h3-6,13-14H,7-12H2,1-2H3,(H2,18,21). The van der Waals surface area contributed by atoms with Gasteiger partial charge in [0.05, 0.1) is 5.56 Å². The molecule has 0 unspecified atom stereocenters. The van der Waals surface area contributed by atoms with Gasteiger partial charge in [-0.15, -0.1) is 0 Å². The number of ether oxygens (including phenoxy) is 1. The first-order valence-electron chi connectivity index (χ1n) is 7.82. The number of likely N-dealkylation sites (tertiary alicyclic amines) is 1. The molecule has 1 aromatic carbocycles. The lowest BCUT2D eigenvalue weighted by Gasteiger charge is -2.33. The van der Waals surface area contributed by atoms with Crippen molar-refractivity contribution in [2.75, 3.05) is 26.2 Å². The second-order valence-corrected chi connectivity index (χ2v) is 6.57. The molecule has 1 aliphatic rings. The molecule has 2 rings (SSSR count). The second kappa shape index (κ2) is 7.76. The van der Waals surface area contributed by atoms with Crippen molar-refractivity contribution in [2.45, 2.75) is 26.7 Å². The predicted octanol–water partition coefficient (Wildman–Crippen LogP) is 3.07. The molecule has 0 amide bonds. The van der Waals surface area contributed by atoms with E-state index in [-0.39, 0.29) is 0 Å². The number of benzene rings is 1. The lowest BCUT2D eigenvalue weighted by Crippen LogP contribution is -2.37. The van der Waals surface area contributed by atoms with Crippen LogP contribution in [-0.2, 0) is 0 Å². The molecule has 0 aliphatic carbocycles. The van der Waals surface area contributed by atoms with Crippen LogP contribution < -0.4 is 10.5 Å². The lowest BCUT2D eigenvalue weighted by atomic mass is 9.87. The molecule has 0 spiro atoms. The maximum absolute atomic E-state index is 5.87. The smallest absolute Gasteiger partial charge is 0.129 e. The molecule has 2 N–H and O–H groups in total. The minimum absolute atomic E-state index is 0.392. The summed E-state index contributed by atoms with van der Waals surface area (Å²) in [5, 5.41) is 0. The second-order valence-electron chi connectivity index (χ2n) is 6.13. The Hall–Kier alpha value is -1.13. The number of hydrogen-bond donors (Lipinski definition) is 1. The van der Waals surface area contributed by atoms with Gasteiger partial charge in [-0.2, -0.15) is 0 Å². The lowest BCUT2D eigenvalue weighted by molar-refractivity contribution is 0.136. The zero-order valence-electron chi connectivity index (χ0n) is 13.0. The Bertz CT molecular complexity index is 468. The highest BCUT2D eigenvalue weighted by molar-refractivity contribution is 7.80. The molecule has 1 aliphatic heterocycles. The number of thiocarbonyl (C=S) groups is 1. The van der Waals surface area contributed by atoms with Gasteiger partial charge in [-0.3, -0.25) is 4.90 Å². The zero-order valence-corrected chi connectivity index (χ0v) is 13.9. The third-order valence-electron chi connectivity index (χ3n) is 4.39. The Kier molecular flexibility index (Phi) is 6.00. The van der Waals surface area contributed by atoms with E-state index in [4.69, 9.17) is 22.7 Å². The van der Waals surface area contributed by atoms with E-state index in [1.54, 1.807) is 0 Å². The highest BCUT2D eigenvalue weighted by Gasteiger charge is 2.21. The van der Waals surface area contributed by atoms with E-state index in [0.717, 1.165) is 29.7 Å². The van der Waals surface area contributed by atoms with Crippen LogP contribution in [0.5, 0.6) is 5.75 Å². The number of para-hydroxylation sites is 1. The van der Waals surface area contributed by atoms with Gasteiger partial charge in [0.15, 0.2) is 0 Å². The van der Waals surface area contributed by atoms with Gasteiger partial charge in [0.25, 0.3) is 0 Å². The summed E-state index contributed by atoms with van der Waals surface area (Å²) in [6.45, 7) is 8.68. The molecular weight excluding hydrogens is 280 g/mol. The van der Waals surface area contributed by atoms with Gasteiger partial charge in [-0.1, -0.05) is 38.2 Å². The van der Waals surface area contributed by atoms with Crippen LogP contribution in [0.2, 0.25) is 0 Å².